The van der Waals surface area contributed by atoms with Crippen LogP contribution in [0.3, 0.4) is 0 Å². The monoisotopic (exact) mass is 496 g/mol. The van der Waals surface area contributed by atoms with Gasteiger partial charge in [-0.1, -0.05) is 72.6 Å². The number of hydrogen-bond donors (Lipinski definition) is 6. The van der Waals surface area contributed by atoms with E-state index >= 15 is 0 Å². The first kappa shape index (κ1) is 39.5. The number of hydrogen-bond acceptors (Lipinski definition) is 6. The average Bonchev–Trinajstić information content (AvgIpc) is 2.81. The zero-order valence-electron chi connectivity index (χ0n) is 21.9. The van der Waals surface area contributed by atoms with Crippen LogP contribution in [0.1, 0.15) is 118 Å². The number of aliphatic carboxylic acids is 3. The molecular weight excluding hydrogens is 444 g/mol. The van der Waals surface area contributed by atoms with Crippen LogP contribution in [-0.2, 0) is 14.4 Å². The first-order valence-electron chi connectivity index (χ1n) is 12.5. The second-order valence-electron chi connectivity index (χ2n) is 8.23. The molecule has 0 atom stereocenters. The molecule has 0 amide bonds. The van der Waals surface area contributed by atoms with Gasteiger partial charge in [0, 0.05) is 24.7 Å². The SMILES string of the molecule is CCC(CO)(CO)CO.CCCCC(=O)O.CCCCC(=O)O.CCCCCCCCC(=O)O. The standard InChI is InChI=1S/C9H18O2.C6H14O3.2C5H10O2/c1-2-3-4-5-6-7-8-9(10)11;1-2-6(3-7,4-8)5-9;2*1-2-3-4-5(6)7/h2-8H2,1H3,(H,10,11);7-9H,2-5H2,1H3;2*2-4H2,1H3,(H,6,7). The summed E-state index contributed by atoms with van der Waals surface area (Å²) in [6, 6.07) is 0. The van der Waals surface area contributed by atoms with Crippen LogP contribution < -0.4 is 0 Å². The molecule has 0 aliphatic rings. The van der Waals surface area contributed by atoms with E-state index in [1.54, 1.807) is 0 Å². The molecule has 0 aromatic rings. The summed E-state index contributed by atoms with van der Waals surface area (Å²) in [7, 11) is 0. The zero-order chi connectivity index (χ0) is 27.3. The third-order valence-electron chi connectivity index (χ3n) is 4.99. The van der Waals surface area contributed by atoms with Gasteiger partial charge < -0.3 is 30.6 Å². The van der Waals surface area contributed by atoms with E-state index in [-0.39, 0.29) is 19.8 Å². The van der Waals surface area contributed by atoms with Gasteiger partial charge in [0.05, 0.1) is 19.8 Å². The Balaban J connectivity index is -0.000000180. The number of carbonyl (C=O) groups is 3. The van der Waals surface area contributed by atoms with Gasteiger partial charge in [-0.15, -0.1) is 0 Å². The van der Waals surface area contributed by atoms with Crippen LogP contribution in [0, 0.1) is 5.41 Å². The average molecular weight is 497 g/mol. The van der Waals surface area contributed by atoms with Crippen LogP contribution >= 0.6 is 0 Å². The summed E-state index contributed by atoms with van der Waals surface area (Å²) in [5, 5.41) is 50.4. The molecule has 0 aliphatic heterocycles. The van der Waals surface area contributed by atoms with Gasteiger partial charge in [-0.2, -0.15) is 0 Å². The molecule has 6 N–H and O–H groups in total. The van der Waals surface area contributed by atoms with Gasteiger partial charge in [0.25, 0.3) is 0 Å². The third kappa shape index (κ3) is 37.6. The Bertz CT molecular complexity index is 414. The fourth-order valence-corrected chi connectivity index (χ4v) is 2.20. The highest BCUT2D eigenvalue weighted by atomic mass is 16.4. The summed E-state index contributed by atoms with van der Waals surface area (Å²) >= 11 is 0. The Morgan fingerprint density at radius 3 is 1.00 bits per heavy atom. The van der Waals surface area contributed by atoms with Gasteiger partial charge in [0.2, 0.25) is 0 Å². The van der Waals surface area contributed by atoms with Crippen LogP contribution in [0.25, 0.3) is 0 Å². The first-order valence-corrected chi connectivity index (χ1v) is 12.5. The highest BCUT2D eigenvalue weighted by molar-refractivity contribution is 5.67. The van der Waals surface area contributed by atoms with Crippen molar-refractivity contribution in [2.45, 2.75) is 118 Å². The predicted molar refractivity (Wildman–Crippen MR) is 134 cm³/mol. The van der Waals surface area contributed by atoms with Gasteiger partial charge >= 0.3 is 17.9 Å². The van der Waals surface area contributed by atoms with Gasteiger partial charge in [-0.05, 0) is 25.7 Å². The van der Waals surface area contributed by atoms with E-state index in [2.05, 4.69) is 6.92 Å². The van der Waals surface area contributed by atoms with Crippen LogP contribution in [0.2, 0.25) is 0 Å². The van der Waals surface area contributed by atoms with Gasteiger partial charge in [-0.3, -0.25) is 14.4 Å². The summed E-state index contributed by atoms with van der Waals surface area (Å²) in [4.78, 5) is 29.6. The lowest BCUT2D eigenvalue weighted by Crippen LogP contribution is -2.32. The van der Waals surface area contributed by atoms with Gasteiger partial charge in [0.1, 0.15) is 0 Å². The number of aliphatic hydroxyl groups excluding tert-OH is 3. The maximum absolute atomic E-state index is 10.1. The number of unbranched alkanes of at least 4 members (excludes halogenated alkanes) is 7. The van der Waals surface area contributed by atoms with Crippen LogP contribution in [-0.4, -0.2) is 68.4 Å². The number of rotatable bonds is 17. The quantitative estimate of drug-likeness (QED) is 0.156. The van der Waals surface area contributed by atoms with E-state index in [9.17, 15) is 14.4 Å². The van der Waals surface area contributed by atoms with Gasteiger partial charge in [0.15, 0.2) is 0 Å². The zero-order valence-corrected chi connectivity index (χ0v) is 21.9. The van der Waals surface area contributed by atoms with Crippen molar-refractivity contribution in [3.63, 3.8) is 0 Å². The van der Waals surface area contributed by atoms with E-state index in [1.165, 1.54) is 25.7 Å². The van der Waals surface area contributed by atoms with Crippen molar-refractivity contribution >= 4 is 17.9 Å². The molecule has 9 heteroatoms. The molecule has 0 spiro atoms. The molecule has 0 aromatic heterocycles. The van der Waals surface area contributed by atoms with Crippen molar-refractivity contribution < 1.29 is 45.0 Å². The summed E-state index contributed by atoms with van der Waals surface area (Å²) in [6.45, 7) is 7.48. The van der Waals surface area contributed by atoms with E-state index in [4.69, 9.17) is 30.6 Å². The van der Waals surface area contributed by atoms with Crippen molar-refractivity contribution in [2.24, 2.45) is 5.41 Å². The van der Waals surface area contributed by atoms with E-state index < -0.39 is 23.3 Å². The summed E-state index contributed by atoms with van der Waals surface area (Å²) < 4.78 is 0. The van der Waals surface area contributed by atoms with Crippen molar-refractivity contribution in [1.82, 2.24) is 0 Å². The topological polar surface area (TPSA) is 173 Å². The molecule has 0 unspecified atom stereocenters. The third-order valence-corrected chi connectivity index (χ3v) is 4.99. The molecule has 0 rings (SSSR count). The second-order valence-corrected chi connectivity index (χ2v) is 8.23. The van der Waals surface area contributed by atoms with E-state index in [0.717, 1.165) is 38.5 Å². The highest BCUT2D eigenvalue weighted by Gasteiger charge is 2.24. The Labute approximate surface area is 206 Å². The molecule has 0 bridgehead atoms. The predicted octanol–water partition coefficient (Wildman–Crippen LogP) is 4.70. The molecule has 0 aromatic carbocycles. The van der Waals surface area contributed by atoms with Crippen molar-refractivity contribution in [1.29, 1.82) is 0 Å². The maximum Gasteiger partial charge on any atom is 0.303 e. The molecule has 0 saturated heterocycles. The minimum atomic E-state index is -0.693. The largest absolute Gasteiger partial charge is 0.481 e. The maximum atomic E-state index is 10.1. The number of aliphatic hydroxyl groups is 3. The van der Waals surface area contributed by atoms with Crippen LogP contribution in [0.4, 0.5) is 0 Å². The van der Waals surface area contributed by atoms with Crippen molar-refractivity contribution in [2.75, 3.05) is 19.8 Å². The lowest BCUT2D eigenvalue weighted by molar-refractivity contribution is -0.138. The molecule has 0 fully saturated rings. The van der Waals surface area contributed by atoms with Crippen molar-refractivity contribution in [3.05, 3.63) is 0 Å². The molecule has 34 heavy (non-hydrogen) atoms. The Morgan fingerprint density at radius 2 is 0.794 bits per heavy atom. The van der Waals surface area contributed by atoms with Crippen LogP contribution in [0.15, 0.2) is 0 Å². The van der Waals surface area contributed by atoms with Gasteiger partial charge in [-0.25, -0.2) is 0 Å². The van der Waals surface area contributed by atoms with E-state index in [0.29, 0.717) is 25.7 Å². The second kappa shape index (κ2) is 31.3. The lowest BCUT2D eigenvalue weighted by atomic mass is 9.88. The molecule has 0 aliphatic carbocycles. The summed E-state index contributed by atoms with van der Waals surface area (Å²) in [5.41, 5.74) is -0.667. The van der Waals surface area contributed by atoms with E-state index in [1.807, 2.05) is 20.8 Å². The lowest BCUT2D eigenvalue weighted by Gasteiger charge is -2.24. The minimum Gasteiger partial charge on any atom is -0.481 e. The molecule has 0 heterocycles. The fourth-order valence-electron chi connectivity index (χ4n) is 2.20. The molecule has 206 valence electrons. The summed E-state index contributed by atoms with van der Waals surface area (Å²) in [5.74, 6) is -2.05. The Morgan fingerprint density at radius 1 is 0.500 bits per heavy atom. The smallest absolute Gasteiger partial charge is 0.303 e. The van der Waals surface area contributed by atoms with Crippen LogP contribution in [0.5, 0.6) is 0 Å². The fraction of sp³-hybridized carbons (Fsp3) is 0.880. The Hall–Kier alpha value is -1.71. The van der Waals surface area contributed by atoms with Crippen molar-refractivity contribution in [3.8, 4) is 0 Å². The molecular formula is C25H52O9. The number of carboxylic acids is 3. The number of carboxylic acid groups (broad SMARTS) is 3. The first-order chi connectivity index (χ1) is 16.1. The molecule has 0 saturated carbocycles. The Kier molecular flexibility index (Phi) is 36.4. The summed E-state index contributed by atoms with van der Waals surface area (Å²) in [6.07, 6.45) is 12.0. The normalized spacial score (nSPS) is 9.97. The minimum absolute atomic E-state index is 0.156. The highest BCUT2D eigenvalue weighted by Crippen LogP contribution is 2.18. The molecule has 0 radical (unpaired) electrons. The molecule has 9 nitrogen and oxygen atoms in total.